The average Bonchev–Trinajstić information content (AvgIpc) is 2.98. The topological polar surface area (TPSA) is 96.4 Å². The Kier molecular flexibility index (Phi) is 3.78. The van der Waals surface area contributed by atoms with Crippen molar-refractivity contribution >= 4 is 17.2 Å². The van der Waals surface area contributed by atoms with Crippen molar-refractivity contribution in [3.63, 3.8) is 0 Å². The van der Waals surface area contributed by atoms with Crippen molar-refractivity contribution in [3.05, 3.63) is 28.6 Å². The summed E-state index contributed by atoms with van der Waals surface area (Å²) in [5.74, 6) is -0.353. The van der Waals surface area contributed by atoms with Crippen LogP contribution in [0.5, 0.6) is 11.5 Å². The van der Waals surface area contributed by atoms with Crippen molar-refractivity contribution in [1.82, 2.24) is 4.98 Å². The fourth-order valence-electron chi connectivity index (χ4n) is 3.07. The highest BCUT2D eigenvalue weighted by atomic mass is 32.1. The Morgan fingerprint density at radius 1 is 1.23 bits per heavy atom. The lowest BCUT2D eigenvalue weighted by molar-refractivity contribution is -0.124. The van der Waals surface area contributed by atoms with Crippen LogP contribution in [0.15, 0.2) is 23.6 Å². The number of nitrogens with zero attached hydrogens (tertiary/aromatic N) is 1. The van der Waals surface area contributed by atoms with Crippen molar-refractivity contribution in [2.45, 2.75) is 37.5 Å². The molecule has 1 heterocycles. The summed E-state index contributed by atoms with van der Waals surface area (Å²) in [6, 6.07) is 4.39. The van der Waals surface area contributed by atoms with Crippen molar-refractivity contribution in [1.29, 1.82) is 0 Å². The molecule has 0 unspecified atom stereocenters. The van der Waals surface area contributed by atoms with Crippen molar-refractivity contribution in [2.24, 2.45) is 5.73 Å². The second-order valence-corrected chi connectivity index (χ2v) is 6.60. The summed E-state index contributed by atoms with van der Waals surface area (Å²) in [6.45, 7) is 0. The van der Waals surface area contributed by atoms with Crippen LogP contribution in [-0.4, -0.2) is 21.1 Å². The highest BCUT2D eigenvalue weighted by molar-refractivity contribution is 7.10. The van der Waals surface area contributed by atoms with Gasteiger partial charge in [-0.05, 0) is 25.0 Å². The van der Waals surface area contributed by atoms with Crippen LogP contribution < -0.4 is 5.73 Å². The summed E-state index contributed by atoms with van der Waals surface area (Å²) < 4.78 is 0. The zero-order valence-corrected chi connectivity index (χ0v) is 12.9. The molecular formula is C16H18N2O3S. The molecule has 1 aliphatic rings. The number of benzene rings is 1. The third-order valence-electron chi connectivity index (χ3n) is 4.35. The van der Waals surface area contributed by atoms with Gasteiger partial charge in [0.05, 0.1) is 5.69 Å². The van der Waals surface area contributed by atoms with E-state index in [1.165, 1.54) is 23.5 Å². The number of aromatic nitrogens is 1. The van der Waals surface area contributed by atoms with E-state index in [9.17, 15) is 15.0 Å². The Labute approximate surface area is 132 Å². The molecule has 1 fully saturated rings. The molecule has 1 aliphatic carbocycles. The molecule has 22 heavy (non-hydrogen) atoms. The molecule has 5 nitrogen and oxygen atoms in total. The van der Waals surface area contributed by atoms with Gasteiger partial charge < -0.3 is 15.9 Å². The van der Waals surface area contributed by atoms with Crippen LogP contribution in [0.2, 0.25) is 0 Å². The van der Waals surface area contributed by atoms with Gasteiger partial charge in [-0.15, -0.1) is 11.3 Å². The Hall–Kier alpha value is -2.08. The Morgan fingerprint density at radius 3 is 2.59 bits per heavy atom. The van der Waals surface area contributed by atoms with Crippen LogP contribution in [0.1, 0.15) is 37.1 Å². The van der Waals surface area contributed by atoms with Gasteiger partial charge in [-0.1, -0.05) is 19.3 Å². The van der Waals surface area contributed by atoms with Crippen molar-refractivity contribution in [3.8, 4) is 22.8 Å². The largest absolute Gasteiger partial charge is 0.508 e. The predicted molar refractivity (Wildman–Crippen MR) is 84.8 cm³/mol. The quantitative estimate of drug-likeness (QED) is 0.810. The van der Waals surface area contributed by atoms with Crippen LogP contribution in [0, 0.1) is 0 Å². The number of phenolic OH excluding ortho intramolecular Hbond substituents is 2. The average molecular weight is 318 g/mol. The standard InChI is InChI=1S/C16H18N2O3S/c17-14(21)16(6-2-1-3-7-16)15-18-12(9-22-15)11-5-4-10(19)8-13(11)20/h4-5,8-9,19-20H,1-3,6-7H2,(H2,17,21). The molecule has 3 rings (SSSR count). The second kappa shape index (κ2) is 5.61. The summed E-state index contributed by atoms with van der Waals surface area (Å²) in [7, 11) is 0. The van der Waals surface area contributed by atoms with Gasteiger partial charge in [-0.2, -0.15) is 0 Å². The maximum atomic E-state index is 12.0. The van der Waals surface area contributed by atoms with Gasteiger partial charge in [0.2, 0.25) is 5.91 Å². The first-order valence-corrected chi connectivity index (χ1v) is 8.19. The number of thiazole rings is 1. The van der Waals surface area contributed by atoms with Crippen LogP contribution in [0.3, 0.4) is 0 Å². The van der Waals surface area contributed by atoms with E-state index in [0.29, 0.717) is 11.3 Å². The number of phenols is 2. The normalized spacial score (nSPS) is 17.3. The summed E-state index contributed by atoms with van der Waals surface area (Å²) >= 11 is 1.41. The number of amides is 1. The summed E-state index contributed by atoms with van der Waals surface area (Å²) in [5, 5.41) is 21.9. The molecule has 0 spiro atoms. The summed E-state index contributed by atoms with van der Waals surface area (Å²) in [4.78, 5) is 16.6. The Bertz CT molecular complexity index is 705. The second-order valence-electron chi connectivity index (χ2n) is 5.75. The minimum atomic E-state index is -0.673. The van der Waals surface area contributed by atoms with Gasteiger partial charge in [-0.3, -0.25) is 4.79 Å². The highest BCUT2D eigenvalue weighted by Crippen LogP contribution is 2.42. The van der Waals surface area contributed by atoms with E-state index in [4.69, 9.17) is 5.73 Å². The van der Waals surface area contributed by atoms with E-state index in [2.05, 4.69) is 4.98 Å². The molecule has 0 aliphatic heterocycles. The first-order chi connectivity index (χ1) is 10.5. The molecule has 1 amide bonds. The molecule has 1 aromatic heterocycles. The van der Waals surface area contributed by atoms with Crippen molar-refractivity contribution < 1.29 is 15.0 Å². The first kappa shape index (κ1) is 14.8. The van der Waals surface area contributed by atoms with Gasteiger partial charge in [0.25, 0.3) is 0 Å². The molecule has 116 valence electrons. The number of hydrogen-bond donors (Lipinski definition) is 3. The van der Waals surface area contributed by atoms with E-state index < -0.39 is 5.41 Å². The monoisotopic (exact) mass is 318 g/mol. The highest BCUT2D eigenvalue weighted by Gasteiger charge is 2.42. The lowest BCUT2D eigenvalue weighted by Gasteiger charge is -2.32. The summed E-state index contributed by atoms with van der Waals surface area (Å²) in [5.41, 5.74) is 6.14. The minimum absolute atomic E-state index is 0.00223. The molecule has 6 heteroatoms. The van der Waals surface area contributed by atoms with Gasteiger partial charge in [0.15, 0.2) is 0 Å². The molecule has 0 atom stereocenters. The van der Waals surface area contributed by atoms with Crippen molar-refractivity contribution in [2.75, 3.05) is 0 Å². The summed E-state index contributed by atoms with van der Waals surface area (Å²) in [6.07, 6.45) is 4.53. The van der Waals surface area contributed by atoms with E-state index in [1.807, 2.05) is 5.38 Å². The van der Waals surface area contributed by atoms with Gasteiger partial charge in [-0.25, -0.2) is 4.98 Å². The molecule has 1 aromatic carbocycles. The van der Waals surface area contributed by atoms with E-state index in [-0.39, 0.29) is 17.4 Å². The molecule has 2 aromatic rings. The first-order valence-electron chi connectivity index (χ1n) is 7.31. The minimum Gasteiger partial charge on any atom is -0.508 e. The number of carbonyl (C=O) groups is 1. The van der Waals surface area contributed by atoms with Crippen LogP contribution >= 0.6 is 11.3 Å². The molecule has 1 saturated carbocycles. The van der Waals surface area contributed by atoms with Crippen LogP contribution in [0.25, 0.3) is 11.3 Å². The Morgan fingerprint density at radius 2 is 1.95 bits per heavy atom. The molecule has 4 N–H and O–H groups in total. The maximum Gasteiger partial charge on any atom is 0.230 e. The molecule has 0 bridgehead atoms. The fourth-order valence-corrected chi connectivity index (χ4v) is 4.16. The lowest BCUT2D eigenvalue weighted by atomic mass is 9.74. The van der Waals surface area contributed by atoms with Crippen LogP contribution in [0.4, 0.5) is 0 Å². The zero-order chi connectivity index (χ0) is 15.7. The predicted octanol–water partition coefficient (Wildman–Crippen LogP) is 2.91. The van der Waals surface area contributed by atoms with E-state index >= 15 is 0 Å². The SMILES string of the molecule is NC(=O)C1(c2nc(-c3ccc(O)cc3O)cs2)CCCCC1. The number of hydrogen-bond acceptors (Lipinski definition) is 5. The smallest absolute Gasteiger partial charge is 0.230 e. The lowest BCUT2D eigenvalue weighted by Crippen LogP contribution is -2.42. The Balaban J connectivity index is 2.00. The zero-order valence-electron chi connectivity index (χ0n) is 12.1. The van der Waals surface area contributed by atoms with E-state index in [0.717, 1.165) is 37.1 Å². The number of primary amides is 1. The number of rotatable bonds is 3. The third kappa shape index (κ3) is 2.43. The number of carbonyl (C=O) groups excluding carboxylic acids is 1. The van der Waals surface area contributed by atoms with Gasteiger partial charge >= 0.3 is 0 Å². The molecule has 0 radical (unpaired) electrons. The van der Waals surface area contributed by atoms with E-state index in [1.54, 1.807) is 6.07 Å². The molecular weight excluding hydrogens is 300 g/mol. The van der Waals surface area contributed by atoms with Gasteiger partial charge in [0.1, 0.15) is 21.9 Å². The van der Waals surface area contributed by atoms with Crippen LogP contribution in [-0.2, 0) is 10.2 Å². The fraction of sp³-hybridized carbons (Fsp3) is 0.375. The number of nitrogens with two attached hydrogens (primary N) is 1. The van der Waals surface area contributed by atoms with Gasteiger partial charge in [0, 0.05) is 17.0 Å². The maximum absolute atomic E-state index is 12.0. The third-order valence-corrected chi connectivity index (χ3v) is 5.40. The number of aromatic hydroxyl groups is 2. The molecule has 0 saturated heterocycles.